The van der Waals surface area contributed by atoms with Crippen molar-refractivity contribution in [3.05, 3.63) is 35.6 Å². The summed E-state index contributed by atoms with van der Waals surface area (Å²) in [7, 11) is 0. The van der Waals surface area contributed by atoms with Crippen LogP contribution in [0.2, 0.25) is 0 Å². The molecule has 2 aliphatic carbocycles. The van der Waals surface area contributed by atoms with Gasteiger partial charge in [0.2, 0.25) is 5.91 Å². The van der Waals surface area contributed by atoms with E-state index < -0.39 is 6.10 Å². The number of amides is 1. The summed E-state index contributed by atoms with van der Waals surface area (Å²) in [5.41, 5.74) is 0.995. The third-order valence-corrected chi connectivity index (χ3v) is 4.30. The molecule has 3 atom stereocenters. The molecule has 5 heteroatoms. The number of aliphatic hydroxyl groups excluding tert-OH is 1. The predicted octanol–water partition coefficient (Wildman–Crippen LogP) is 1.83. The van der Waals surface area contributed by atoms with Crippen LogP contribution in [0.3, 0.4) is 0 Å². The van der Waals surface area contributed by atoms with Crippen LogP contribution in [0.1, 0.15) is 30.7 Å². The zero-order chi connectivity index (χ0) is 15.5. The van der Waals surface area contributed by atoms with E-state index in [9.17, 15) is 14.3 Å². The Kier molecular flexibility index (Phi) is 4.74. The molecule has 1 aromatic carbocycles. The van der Waals surface area contributed by atoms with Gasteiger partial charge in [0.1, 0.15) is 5.82 Å². The van der Waals surface area contributed by atoms with Gasteiger partial charge in [0.05, 0.1) is 12.7 Å². The largest absolute Gasteiger partial charge is 0.389 e. The molecule has 1 amide bonds. The minimum absolute atomic E-state index is 0.0458. The highest BCUT2D eigenvalue weighted by molar-refractivity contribution is 5.82. The summed E-state index contributed by atoms with van der Waals surface area (Å²) in [6, 6.07) is 6.30. The van der Waals surface area contributed by atoms with E-state index in [2.05, 4.69) is 5.32 Å². The molecule has 0 heterocycles. The van der Waals surface area contributed by atoms with E-state index in [0.717, 1.165) is 12.0 Å². The van der Waals surface area contributed by atoms with Gasteiger partial charge in [-0.05, 0) is 48.8 Å². The first-order valence-corrected chi connectivity index (χ1v) is 7.92. The van der Waals surface area contributed by atoms with Crippen molar-refractivity contribution < 1.29 is 19.0 Å². The fourth-order valence-corrected chi connectivity index (χ4v) is 2.63. The number of carbonyl (C=O) groups is 1. The SMILES string of the molecule is O=C(NC[C@H](O)COCC1CC1)[C@H]1C[C@@H]1c1ccc(F)cc1. The first-order chi connectivity index (χ1) is 10.6. The average molecular weight is 307 g/mol. The second kappa shape index (κ2) is 6.75. The van der Waals surface area contributed by atoms with Crippen molar-refractivity contribution >= 4 is 5.91 Å². The number of hydrogen-bond acceptors (Lipinski definition) is 3. The van der Waals surface area contributed by atoms with Gasteiger partial charge in [-0.15, -0.1) is 0 Å². The Balaban J connectivity index is 1.35. The van der Waals surface area contributed by atoms with E-state index in [-0.39, 0.29) is 36.7 Å². The highest BCUT2D eigenvalue weighted by Crippen LogP contribution is 2.47. The Morgan fingerprint density at radius 1 is 1.36 bits per heavy atom. The molecule has 2 saturated carbocycles. The molecule has 0 unspecified atom stereocenters. The highest BCUT2D eigenvalue weighted by Gasteiger charge is 2.43. The van der Waals surface area contributed by atoms with Gasteiger partial charge in [-0.3, -0.25) is 4.79 Å². The van der Waals surface area contributed by atoms with Gasteiger partial charge in [0.25, 0.3) is 0 Å². The van der Waals surface area contributed by atoms with Crippen LogP contribution in [0.15, 0.2) is 24.3 Å². The summed E-state index contributed by atoms with van der Waals surface area (Å²) in [4.78, 5) is 12.0. The Morgan fingerprint density at radius 3 is 2.77 bits per heavy atom. The van der Waals surface area contributed by atoms with Gasteiger partial charge >= 0.3 is 0 Å². The third kappa shape index (κ3) is 4.27. The standard InChI is InChI=1S/C17H22FNO3/c18-13-5-3-12(4-6-13)15-7-16(15)17(21)19-8-14(20)10-22-9-11-1-2-11/h3-6,11,14-16,20H,1-2,7-10H2,(H,19,21)/t14-,15+,16-/m0/s1. The lowest BCUT2D eigenvalue weighted by Crippen LogP contribution is -2.35. The molecule has 120 valence electrons. The molecule has 0 aliphatic heterocycles. The molecule has 22 heavy (non-hydrogen) atoms. The lowest BCUT2D eigenvalue weighted by Gasteiger charge is -2.12. The van der Waals surface area contributed by atoms with E-state index in [1.54, 1.807) is 12.1 Å². The van der Waals surface area contributed by atoms with E-state index >= 15 is 0 Å². The Hall–Kier alpha value is -1.46. The molecule has 2 aliphatic rings. The van der Waals surface area contributed by atoms with Gasteiger partial charge in [0.15, 0.2) is 0 Å². The van der Waals surface area contributed by atoms with Crippen LogP contribution in [0, 0.1) is 17.7 Å². The van der Waals surface area contributed by atoms with Crippen LogP contribution >= 0.6 is 0 Å². The van der Waals surface area contributed by atoms with Gasteiger partial charge in [-0.2, -0.15) is 0 Å². The minimum Gasteiger partial charge on any atom is -0.389 e. The fourth-order valence-electron chi connectivity index (χ4n) is 2.63. The van der Waals surface area contributed by atoms with Crippen molar-refractivity contribution in [2.45, 2.75) is 31.3 Å². The van der Waals surface area contributed by atoms with Crippen LogP contribution < -0.4 is 5.32 Å². The molecule has 2 N–H and O–H groups in total. The monoisotopic (exact) mass is 307 g/mol. The van der Waals surface area contributed by atoms with E-state index in [1.807, 2.05) is 0 Å². The third-order valence-electron chi connectivity index (χ3n) is 4.30. The highest BCUT2D eigenvalue weighted by atomic mass is 19.1. The normalized spacial score (nSPS) is 24.8. The Labute approximate surface area is 129 Å². The van der Waals surface area contributed by atoms with Gasteiger partial charge in [-0.25, -0.2) is 4.39 Å². The molecule has 0 radical (unpaired) electrons. The zero-order valence-corrected chi connectivity index (χ0v) is 12.5. The number of rotatable bonds is 8. The molecule has 2 fully saturated rings. The van der Waals surface area contributed by atoms with Gasteiger partial charge in [-0.1, -0.05) is 12.1 Å². The average Bonchev–Trinajstić information content (AvgIpc) is 3.39. The maximum Gasteiger partial charge on any atom is 0.223 e. The second-order valence-corrected chi connectivity index (χ2v) is 6.38. The first-order valence-electron chi connectivity index (χ1n) is 7.92. The molecule has 0 bridgehead atoms. The molecular formula is C17H22FNO3. The summed E-state index contributed by atoms with van der Waals surface area (Å²) in [6.07, 6.45) is 2.57. The maximum atomic E-state index is 12.9. The first kappa shape index (κ1) is 15.4. The molecule has 0 aromatic heterocycles. The summed E-state index contributed by atoms with van der Waals surface area (Å²) in [6.45, 7) is 1.19. The fraction of sp³-hybridized carbons (Fsp3) is 0.588. The summed E-state index contributed by atoms with van der Waals surface area (Å²) in [5, 5.41) is 12.5. The molecule has 0 spiro atoms. The van der Waals surface area contributed by atoms with Crippen LogP contribution in [0.25, 0.3) is 0 Å². The van der Waals surface area contributed by atoms with E-state index in [1.165, 1.54) is 25.0 Å². The van der Waals surface area contributed by atoms with Crippen molar-refractivity contribution in [1.29, 1.82) is 0 Å². The van der Waals surface area contributed by atoms with Crippen LogP contribution in [0.5, 0.6) is 0 Å². The van der Waals surface area contributed by atoms with Crippen LogP contribution in [-0.2, 0) is 9.53 Å². The van der Waals surface area contributed by atoms with E-state index in [0.29, 0.717) is 12.5 Å². The number of ether oxygens (including phenoxy) is 1. The minimum atomic E-state index is -0.661. The number of carbonyl (C=O) groups excluding carboxylic acids is 1. The molecule has 3 rings (SSSR count). The van der Waals surface area contributed by atoms with Crippen molar-refractivity contribution in [2.75, 3.05) is 19.8 Å². The number of nitrogens with one attached hydrogen (secondary N) is 1. The molecule has 0 saturated heterocycles. The predicted molar refractivity (Wildman–Crippen MR) is 79.8 cm³/mol. The summed E-state index contributed by atoms with van der Waals surface area (Å²) >= 11 is 0. The molecular weight excluding hydrogens is 285 g/mol. The number of benzene rings is 1. The van der Waals surface area contributed by atoms with E-state index in [4.69, 9.17) is 4.74 Å². The quantitative estimate of drug-likeness (QED) is 0.770. The van der Waals surface area contributed by atoms with Crippen LogP contribution in [0.4, 0.5) is 4.39 Å². The maximum absolute atomic E-state index is 12.9. The second-order valence-electron chi connectivity index (χ2n) is 6.38. The van der Waals surface area contributed by atoms with Crippen molar-refractivity contribution in [1.82, 2.24) is 5.32 Å². The number of hydrogen-bond donors (Lipinski definition) is 2. The topological polar surface area (TPSA) is 58.6 Å². The number of aliphatic hydroxyl groups is 1. The van der Waals surface area contributed by atoms with Crippen molar-refractivity contribution in [3.63, 3.8) is 0 Å². The smallest absolute Gasteiger partial charge is 0.223 e. The number of halogens is 1. The Bertz CT molecular complexity index is 515. The van der Waals surface area contributed by atoms with Crippen LogP contribution in [-0.4, -0.2) is 36.9 Å². The van der Waals surface area contributed by atoms with Crippen molar-refractivity contribution in [2.24, 2.45) is 11.8 Å². The molecule has 1 aromatic rings. The van der Waals surface area contributed by atoms with Gasteiger partial charge < -0.3 is 15.2 Å². The Morgan fingerprint density at radius 2 is 2.09 bits per heavy atom. The lowest BCUT2D eigenvalue weighted by molar-refractivity contribution is -0.123. The van der Waals surface area contributed by atoms with Gasteiger partial charge in [0, 0.05) is 19.1 Å². The molecule has 4 nitrogen and oxygen atoms in total. The zero-order valence-electron chi connectivity index (χ0n) is 12.5. The summed E-state index contributed by atoms with van der Waals surface area (Å²) in [5.74, 6) is 0.467. The summed E-state index contributed by atoms with van der Waals surface area (Å²) < 4.78 is 18.3. The lowest BCUT2D eigenvalue weighted by atomic mass is 10.1. The van der Waals surface area contributed by atoms with Crippen molar-refractivity contribution in [3.8, 4) is 0 Å².